The zero-order chi connectivity index (χ0) is 22.9. The molecule has 0 saturated carbocycles. The lowest BCUT2D eigenvalue weighted by Gasteiger charge is -2.12. The first-order valence-corrected chi connectivity index (χ1v) is 10.8. The van der Waals surface area contributed by atoms with E-state index in [2.05, 4.69) is 4.98 Å². The number of nitro benzene ring substituents is 1. The molecule has 0 radical (unpaired) electrons. The largest absolute Gasteiger partial charge is 0.493 e. The summed E-state index contributed by atoms with van der Waals surface area (Å²) >= 11 is 1.18. The van der Waals surface area contributed by atoms with Crippen molar-refractivity contribution in [1.82, 2.24) is 9.38 Å². The normalized spacial score (nSPS) is 11.8. The minimum atomic E-state index is -0.501. The zero-order valence-electron chi connectivity index (χ0n) is 17.4. The van der Waals surface area contributed by atoms with E-state index in [1.54, 1.807) is 0 Å². The van der Waals surface area contributed by atoms with Gasteiger partial charge in [0, 0.05) is 0 Å². The van der Waals surface area contributed by atoms with Crippen LogP contribution >= 0.6 is 11.3 Å². The van der Waals surface area contributed by atoms with E-state index in [1.165, 1.54) is 41.1 Å². The summed E-state index contributed by atoms with van der Waals surface area (Å²) in [5.74, 6) is 0.585. The van der Waals surface area contributed by atoms with Gasteiger partial charge in [-0.3, -0.25) is 14.9 Å². The summed E-state index contributed by atoms with van der Waals surface area (Å²) in [6.07, 6.45) is 1.50. The van der Waals surface area contributed by atoms with Crippen LogP contribution in [0, 0.1) is 10.1 Å². The molecule has 0 fully saturated rings. The molecule has 0 spiro atoms. The average Bonchev–Trinajstić information content (AvgIpc) is 3.34. The summed E-state index contributed by atoms with van der Waals surface area (Å²) in [5, 5.41) is 11.8. The van der Waals surface area contributed by atoms with Crippen molar-refractivity contribution in [1.29, 1.82) is 0 Å². The van der Waals surface area contributed by atoms with E-state index in [9.17, 15) is 14.9 Å². The smallest absolute Gasteiger partial charge is 0.280 e. The van der Waals surface area contributed by atoms with Crippen LogP contribution in [0.3, 0.4) is 0 Å². The number of thiazole rings is 1. The monoisotopic (exact) mass is 459 g/mol. The molecule has 0 N–H and O–H groups in total. The Hall–Kier alpha value is -4.24. The maximum atomic E-state index is 13.0. The Bertz CT molecular complexity index is 1610. The predicted octanol–water partition coefficient (Wildman–Crippen LogP) is 3.95. The minimum Gasteiger partial charge on any atom is -0.493 e. The Morgan fingerprint density at radius 3 is 2.61 bits per heavy atom. The highest BCUT2D eigenvalue weighted by molar-refractivity contribution is 7.15. The van der Waals surface area contributed by atoms with Crippen molar-refractivity contribution in [3.05, 3.63) is 103 Å². The fourth-order valence-corrected chi connectivity index (χ4v) is 4.58. The molecule has 164 valence electrons. The van der Waals surface area contributed by atoms with E-state index < -0.39 is 4.92 Å². The standard InChI is InChI=1S/C24H17N3O5S/c1-31-20-11-16(19(27(29)30)13-21(20)32-14-15-7-3-2-4-8-15)12-22-23(28)26-18-10-6-5-9-17(18)25-24(26)33-22/h2-13H,14H2,1H3/b22-12-. The second-order valence-electron chi connectivity index (χ2n) is 7.23. The van der Waals surface area contributed by atoms with Gasteiger partial charge in [-0.05, 0) is 29.8 Å². The number of imidazole rings is 1. The van der Waals surface area contributed by atoms with Crippen molar-refractivity contribution in [2.75, 3.05) is 7.11 Å². The highest BCUT2D eigenvalue weighted by Gasteiger charge is 2.20. The van der Waals surface area contributed by atoms with Crippen LogP contribution in [-0.2, 0) is 6.61 Å². The van der Waals surface area contributed by atoms with Crippen molar-refractivity contribution in [3.63, 3.8) is 0 Å². The lowest BCUT2D eigenvalue weighted by molar-refractivity contribution is -0.385. The Balaban J connectivity index is 1.60. The number of nitro groups is 1. The topological polar surface area (TPSA) is 96.0 Å². The Labute approximate surface area is 191 Å². The van der Waals surface area contributed by atoms with Gasteiger partial charge in [0.2, 0.25) is 0 Å². The molecule has 0 aliphatic rings. The fourth-order valence-electron chi connectivity index (χ4n) is 3.60. The van der Waals surface area contributed by atoms with Crippen LogP contribution < -0.4 is 19.6 Å². The highest BCUT2D eigenvalue weighted by atomic mass is 32.1. The van der Waals surface area contributed by atoms with Gasteiger partial charge in [0.05, 0.1) is 39.2 Å². The Morgan fingerprint density at radius 1 is 1.09 bits per heavy atom. The summed E-state index contributed by atoms with van der Waals surface area (Å²) in [6, 6.07) is 19.6. The van der Waals surface area contributed by atoms with E-state index in [4.69, 9.17) is 9.47 Å². The van der Waals surface area contributed by atoms with Crippen molar-refractivity contribution in [2.24, 2.45) is 0 Å². The van der Waals surface area contributed by atoms with E-state index >= 15 is 0 Å². The molecule has 9 heteroatoms. The van der Waals surface area contributed by atoms with Gasteiger partial charge in [-0.2, -0.15) is 0 Å². The number of fused-ring (bicyclic) bond motifs is 3. The molecule has 2 aromatic heterocycles. The van der Waals surface area contributed by atoms with Crippen molar-refractivity contribution < 1.29 is 14.4 Å². The average molecular weight is 459 g/mol. The summed E-state index contributed by atoms with van der Waals surface area (Å²) in [6.45, 7) is 0.233. The highest BCUT2D eigenvalue weighted by Crippen LogP contribution is 2.35. The Morgan fingerprint density at radius 2 is 1.85 bits per heavy atom. The van der Waals surface area contributed by atoms with E-state index in [0.717, 1.165) is 11.1 Å². The molecule has 0 unspecified atom stereocenters. The van der Waals surface area contributed by atoms with Gasteiger partial charge in [-0.15, -0.1) is 0 Å². The van der Waals surface area contributed by atoms with Crippen LogP contribution in [0.25, 0.3) is 22.1 Å². The maximum absolute atomic E-state index is 13.0. The molecule has 8 nitrogen and oxygen atoms in total. The number of aromatic nitrogens is 2. The molecule has 0 atom stereocenters. The number of hydrogen-bond acceptors (Lipinski definition) is 7. The van der Waals surface area contributed by atoms with Gasteiger partial charge >= 0.3 is 0 Å². The fraction of sp³-hybridized carbons (Fsp3) is 0.0833. The van der Waals surface area contributed by atoms with Crippen molar-refractivity contribution in [2.45, 2.75) is 6.61 Å². The second kappa shape index (κ2) is 8.36. The molecule has 5 aromatic rings. The van der Waals surface area contributed by atoms with Gasteiger partial charge in [0.25, 0.3) is 11.2 Å². The third kappa shape index (κ3) is 3.79. The first kappa shape index (κ1) is 20.7. The van der Waals surface area contributed by atoms with Crippen LogP contribution in [0.5, 0.6) is 11.5 Å². The molecule has 0 aliphatic carbocycles. The van der Waals surface area contributed by atoms with Crippen LogP contribution in [0.1, 0.15) is 11.1 Å². The van der Waals surface area contributed by atoms with Crippen LogP contribution in [0.2, 0.25) is 0 Å². The predicted molar refractivity (Wildman–Crippen MR) is 126 cm³/mol. The van der Waals surface area contributed by atoms with Crippen LogP contribution in [0.15, 0.2) is 71.5 Å². The number of nitrogens with zero attached hydrogens (tertiary/aromatic N) is 3. The molecule has 33 heavy (non-hydrogen) atoms. The SMILES string of the molecule is COc1cc(/C=c2\sc3nc4ccccc4n3c2=O)c([N+](=O)[O-])cc1OCc1ccccc1. The van der Waals surface area contributed by atoms with Crippen molar-refractivity contribution >= 4 is 39.1 Å². The van der Waals surface area contributed by atoms with E-state index in [1.807, 2.05) is 54.6 Å². The Kier molecular flexibility index (Phi) is 5.23. The summed E-state index contributed by atoms with van der Waals surface area (Å²) in [4.78, 5) is 29.4. The lowest BCUT2D eigenvalue weighted by atomic mass is 10.1. The molecular formula is C24H17N3O5S. The van der Waals surface area contributed by atoms with Gasteiger partial charge in [0.15, 0.2) is 16.5 Å². The molecule has 2 heterocycles. The molecule has 0 saturated heterocycles. The number of hydrogen-bond donors (Lipinski definition) is 0. The zero-order valence-corrected chi connectivity index (χ0v) is 18.2. The minimum absolute atomic E-state index is 0.186. The van der Waals surface area contributed by atoms with Gasteiger partial charge in [-0.25, -0.2) is 9.38 Å². The second-order valence-corrected chi connectivity index (χ2v) is 8.24. The van der Waals surface area contributed by atoms with Gasteiger partial charge in [0.1, 0.15) is 6.61 Å². The van der Waals surface area contributed by atoms with Crippen LogP contribution in [0.4, 0.5) is 5.69 Å². The van der Waals surface area contributed by atoms with Gasteiger partial charge < -0.3 is 9.47 Å². The number of ether oxygens (including phenoxy) is 2. The first-order valence-electron chi connectivity index (χ1n) is 10.00. The summed E-state index contributed by atoms with van der Waals surface area (Å²) < 4.78 is 13.1. The number of methoxy groups -OCH3 is 1. The van der Waals surface area contributed by atoms with Crippen LogP contribution in [-0.4, -0.2) is 21.4 Å². The molecule has 3 aromatic carbocycles. The lowest BCUT2D eigenvalue weighted by Crippen LogP contribution is -2.22. The number of rotatable bonds is 6. The summed E-state index contributed by atoms with van der Waals surface area (Å²) in [7, 11) is 1.46. The molecule has 5 rings (SSSR count). The molecule has 0 aliphatic heterocycles. The van der Waals surface area contributed by atoms with E-state index in [-0.39, 0.29) is 29.2 Å². The summed E-state index contributed by atoms with van der Waals surface area (Å²) in [5.41, 5.74) is 2.12. The first-order chi connectivity index (χ1) is 16.0. The maximum Gasteiger partial charge on any atom is 0.280 e. The van der Waals surface area contributed by atoms with E-state index in [0.29, 0.717) is 20.8 Å². The molecular weight excluding hydrogens is 442 g/mol. The quantitative estimate of drug-likeness (QED) is 0.282. The third-order valence-electron chi connectivity index (χ3n) is 5.18. The number of benzene rings is 3. The van der Waals surface area contributed by atoms with Gasteiger partial charge in [-0.1, -0.05) is 53.8 Å². The number of para-hydroxylation sites is 2. The molecule has 0 amide bonds. The molecule has 0 bridgehead atoms. The third-order valence-corrected chi connectivity index (χ3v) is 6.15. The van der Waals surface area contributed by atoms with Crippen molar-refractivity contribution in [3.8, 4) is 11.5 Å².